The molecule has 5 heteroatoms. The van der Waals surface area contributed by atoms with Gasteiger partial charge in [-0.2, -0.15) is 0 Å². The van der Waals surface area contributed by atoms with Crippen molar-refractivity contribution in [1.82, 2.24) is 10.3 Å². The molecule has 0 fully saturated rings. The fourth-order valence-corrected chi connectivity index (χ4v) is 3.45. The summed E-state index contributed by atoms with van der Waals surface area (Å²) in [7, 11) is 0. The van der Waals surface area contributed by atoms with Crippen LogP contribution in [0.25, 0.3) is 0 Å². The fourth-order valence-electron chi connectivity index (χ4n) is 3.45. The molecule has 2 heterocycles. The van der Waals surface area contributed by atoms with E-state index in [-0.39, 0.29) is 11.9 Å². The number of amides is 1. The molecular formula is C24H24N2O3. The zero-order chi connectivity index (χ0) is 19.9. The molecule has 1 aliphatic rings. The molecule has 0 saturated carbocycles. The Morgan fingerprint density at radius 3 is 2.48 bits per heavy atom. The maximum absolute atomic E-state index is 12.7. The van der Waals surface area contributed by atoms with Crippen molar-refractivity contribution >= 4 is 5.91 Å². The molecule has 0 spiro atoms. The zero-order valence-corrected chi connectivity index (χ0v) is 16.2. The van der Waals surface area contributed by atoms with E-state index in [1.807, 2.05) is 48.5 Å². The topological polar surface area (TPSA) is 60.5 Å². The number of nitrogens with one attached hydrogen (secondary N) is 1. The Bertz CT molecular complexity index is 945. The van der Waals surface area contributed by atoms with Crippen molar-refractivity contribution in [2.45, 2.75) is 25.3 Å². The lowest BCUT2D eigenvalue weighted by Crippen LogP contribution is -2.30. The number of carbonyl (C=O) groups excluding carboxylic acids is 1. The number of benzene rings is 2. The van der Waals surface area contributed by atoms with Gasteiger partial charge in [-0.3, -0.25) is 9.78 Å². The summed E-state index contributed by atoms with van der Waals surface area (Å²) >= 11 is 0. The molecular weight excluding hydrogens is 364 g/mol. The average molecular weight is 388 g/mol. The SMILES string of the molecule is O=C(CCc1ccncc1)NC(Cc1ccccc1)c1ccc2c(c1)OCCO2. The first-order valence-corrected chi connectivity index (χ1v) is 9.90. The van der Waals surface area contributed by atoms with Crippen LogP contribution in [0.3, 0.4) is 0 Å². The lowest BCUT2D eigenvalue weighted by molar-refractivity contribution is -0.121. The zero-order valence-electron chi connectivity index (χ0n) is 16.2. The minimum absolute atomic E-state index is 0.0256. The molecule has 0 radical (unpaired) electrons. The minimum atomic E-state index is -0.141. The number of rotatable bonds is 7. The molecule has 0 bridgehead atoms. The second-order valence-electron chi connectivity index (χ2n) is 7.07. The fraction of sp³-hybridized carbons (Fsp3) is 0.250. The normalized spacial score (nSPS) is 13.5. The van der Waals surface area contributed by atoms with Crippen molar-refractivity contribution in [3.63, 3.8) is 0 Å². The average Bonchev–Trinajstić information content (AvgIpc) is 2.78. The molecule has 4 rings (SSSR count). The van der Waals surface area contributed by atoms with E-state index in [0.29, 0.717) is 32.5 Å². The summed E-state index contributed by atoms with van der Waals surface area (Å²) in [6.45, 7) is 1.10. The first-order chi connectivity index (χ1) is 14.3. The highest BCUT2D eigenvalue weighted by Gasteiger charge is 2.19. The van der Waals surface area contributed by atoms with E-state index >= 15 is 0 Å². The van der Waals surface area contributed by atoms with Gasteiger partial charge in [0.15, 0.2) is 11.5 Å². The number of nitrogens with zero attached hydrogens (tertiary/aromatic N) is 1. The molecule has 1 unspecified atom stereocenters. The summed E-state index contributed by atoms with van der Waals surface area (Å²) in [5, 5.41) is 3.21. The number of fused-ring (bicyclic) bond motifs is 1. The van der Waals surface area contributed by atoms with Crippen molar-refractivity contribution in [3.8, 4) is 11.5 Å². The van der Waals surface area contributed by atoms with E-state index in [9.17, 15) is 4.79 Å². The lowest BCUT2D eigenvalue weighted by Gasteiger charge is -2.23. The monoisotopic (exact) mass is 388 g/mol. The van der Waals surface area contributed by atoms with Crippen LogP contribution in [0, 0.1) is 0 Å². The van der Waals surface area contributed by atoms with Crippen molar-refractivity contribution < 1.29 is 14.3 Å². The molecule has 0 saturated heterocycles. The third-order valence-corrected chi connectivity index (χ3v) is 4.98. The maximum atomic E-state index is 12.7. The predicted molar refractivity (Wildman–Crippen MR) is 111 cm³/mol. The largest absolute Gasteiger partial charge is 0.486 e. The number of aromatic nitrogens is 1. The van der Waals surface area contributed by atoms with Gasteiger partial charge in [0.1, 0.15) is 13.2 Å². The number of ether oxygens (including phenoxy) is 2. The van der Waals surface area contributed by atoms with Gasteiger partial charge >= 0.3 is 0 Å². The molecule has 5 nitrogen and oxygen atoms in total. The third-order valence-electron chi connectivity index (χ3n) is 4.98. The summed E-state index contributed by atoms with van der Waals surface area (Å²) in [6, 6.07) is 19.8. The third kappa shape index (κ3) is 5.13. The molecule has 29 heavy (non-hydrogen) atoms. The predicted octanol–water partition coefficient (Wildman–Crippen LogP) is 3.89. The van der Waals surface area contributed by atoms with Crippen LogP contribution in [-0.4, -0.2) is 24.1 Å². The van der Waals surface area contributed by atoms with Gasteiger partial charge in [-0.15, -0.1) is 0 Å². The Kier molecular flexibility index (Phi) is 6.05. The highest BCUT2D eigenvalue weighted by Crippen LogP contribution is 2.33. The quantitative estimate of drug-likeness (QED) is 0.667. The summed E-state index contributed by atoms with van der Waals surface area (Å²) < 4.78 is 11.4. The van der Waals surface area contributed by atoms with Crippen molar-refractivity contribution in [2.75, 3.05) is 13.2 Å². The van der Waals surface area contributed by atoms with E-state index in [1.165, 1.54) is 5.56 Å². The van der Waals surface area contributed by atoms with Gasteiger partial charge in [0.25, 0.3) is 0 Å². The standard InChI is InChI=1S/C24H24N2O3/c27-24(9-6-18-10-12-25-13-11-18)26-21(16-19-4-2-1-3-5-19)20-7-8-22-23(17-20)29-15-14-28-22/h1-5,7-8,10-13,17,21H,6,9,14-16H2,(H,26,27). The van der Waals surface area contributed by atoms with Crippen LogP contribution in [0.15, 0.2) is 73.1 Å². The van der Waals surface area contributed by atoms with Gasteiger partial charge < -0.3 is 14.8 Å². The van der Waals surface area contributed by atoms with Crippen molar-refractivity contribution in [2.24, 2.45) is 0 Å². The number of carbonyl (C=O) groups is 1. The highest BCUT2D eigenvalue weighted by molar-refractivity contribution is 5.76. The molecule has 0 aliphatic carbocycles. The molecule has 1 aromatic heterocycles. The van der Waals surface area contributed by atoms with E-state index in [4.69, 9.17) is 9.47 Å². The van der Waals surface area contributed by atoms with Crippen molar-refractivity contribution in [1.29, 1.82) is 0 Å². The Morgan fingerprint density at radius 2 is 1.69 bits per heavy atom. The van der Waals surface area contributed by atoms with Crippen LogP contribution >= 0.6 is 0 Å². The van der Waals surface area contributed by atoms with Crippen LogP contribution in [0.4, 0.5) is 0 Å². The number of hydrogen-bond acceptors (Lipinski definition) is 4. The molecule has 1 atom stereocenters. The molecule has 1 N–H and O–H groups in total. The number of pyridine rings is 1. The molecule has 2 aromatic carbocycles. The minimum Gasteiger partial charge on any atom is -0.486 e. The molecule has 1 amide bonds. The summed E-state index contributed by atoms with van der Waals surface area (Å²) in [6.07, 6.45) is 5.33. The van der Waals surface area contributed by atoms with Gasteiger partial charge in [0.05, 0.1) is 6.04 Å². The van der Waals surface area contributed by atoms with Gasteiger partial charge in [-0.25, -0.2) is 0 Å². The second-order valence-corrected chi connectivity index (χ2v) is 7.07. The maximum Gasteiger partial charge on any atom is 0.220 e. The van der Waals surface area contributed by atoms with Crippen LogP contribution in [-0.2, 0) is 17.6 Å². The first kappa shape index (κ1) is 19.0. The van der Waals surface area contributed by atoms with Gasteiger partial charge in [-0.1, -0.05) is 36.4 Å². The first-order valence-electron chi connectivity index (χ1n) is 9.90. The Hall–Kier alpha value is -3.34. The van der Waals surface area contributed by atoms with E-state index in [1.54, 1.807) is 12.4 Å². The molecule has 3 aromatic rings. The van der Waals surface area contributed by atoms with Gasteiger partial charge in [0.2, 0.25) is 5.91 Å². The van der Waals surface area contributed by atoms with E-state index < -0.39 is 0 Å². The summed E-state index contributed by atoms with van der Waals surface area (Å²) in [5.41, 5.74) is 3.28. The second kappa shape index (κ2) is 9.24. The van der Waals surface area contributed by atoms with Crippen molar-refractivity contribution in [3.05, 3.63) is 89.7 Å². The van der Waals surface area contributed by atoms with E-state index in [0.717, 1.165) is 22.6 Å². The number of hydrogen-bond donors (Lipinski definition) is 1. The number of aryl methyl sites for hydroxylation is 1. The summed E-state index contributed by atoms with van der Waals surface area (Å²) in [4.78, 5) is 16.7. The lowest BCUT2D eigenvalue weighted by atomic mass is 9.98. The Morgan fingerprint density at radius 1 is 0.931 bits per heavy atom. The van der Waals surface area contributed by atoms with Crippen LogP contribution in [0.2, 0.25) is 0 Å². The Labute approximate surface area is 170 Å². The highest BCUT2D eigenvalue weighted by atomic mass is 16.6. The Balaban J connectivity index is 1.49. The van der Waals surface area contributed by atoms with E-state index in [2.05, 4.69) is 22.4 Å². The van der Waals surface area contributed by atoms with Gasteiger partial charge in [-0.05, 0) is 53.8 Å². The van der Waals surface area contributed by atoms with Gasteiger partial charge in [0, 0.05) is 18.8 Å². The van der Waals surface area contributed by atoms with Crippen LogP contribution in [0.5, 0.6) is 11.5 Å². The smallest absolute Gasteiger partial charge is 0.220 e. The molecule has 148 valence electrons. The van der Waals surface area contributed by atoms with Crippen LogP contribution < -0.4 is 14.8 Å². The van der Waals surface area contributed by atoms with Crippen LogP contribution in [0.1, 0.15) is 29.2 Å². The molecule has 1 aliphatic heterocycles. The summed E-state index contributed by atoms with van der Waals surface area (Å²) in [5.74, 6) is 1.51.